The van der Waals surface area contributed by atoms with Crippen LogP contribution in [0, 0.1) is 11.7 Å². The fourth-order valence-electron chi connectivity index (χ4n) is 2.31. The van der Waals surface area contributed by atoms with Crippen molar-refractivity contribution in [2.24, 2.45) is 5.92 Å². The van der Waals surface area contributed by atoms with Crippen molar-refractivity contribution in [3.63, 3.8) is 0 Å². The first-order valence-corrected chi connectivity index (χ1v) is 6.28. The van der Waals surface area contributed by atoms with Gasteiger partial charge < -0.3 is 5.32 Å². The molecular weight excluding hydrogens is 225 g/mol. The summed E-state index contributed by atoms with van der Waals surface area (Å²) in [6, 6.07) is 4.64. The third-order valence-corrected chi connectivity index (χ3v) is 3.58. The van der Waals surface area contributed by atoms with E-state index < -0.39 is 0 Å². The van der Waals surface area contributed by atoms with Crippen molar-refractivity contribution < 1.29 is 4.39 Å². The van der Waals surface area contributed by atoms with E-state index in [0.717, 1.165) is 31.5 Å². The molecule has 1 fully saturated rings. The first-order valence-electron chi connectivity index (χ1n) is 5.90. The first kappa shape index (κ1) is 11.9. The van der Waals surface area contributed by atoms with E-state index in [2.05, 4.69) is 5.32 Å². The number of rotatable bonds is 2. The van der Waals surface area contributed by atoms with Gasteiger partial charge in [-0.3, -0.25) is 0 Å². The zero-order valence-corrected chi connectivity index (χ0v) is 10.1. The van der Waals surface area contributed by atoms with Crippen LogP contribution in [0.25, 0.3) is 0 Å². The molecule has 0 aromatic heterocycles. The number of hydrogen-bond acceptors (Lipinski definition) is 1. The molecule has 1 aliphatic heterocycles. The summed E-state index contributed by atoms with van der Waals surface area (Å²) >= 11 is 6.07. The van der Waals surface area contributed by atoms with Crippen LogP contribution in [0.4, 0.5) is 4.39 Å². The third kappa shape index (κ3) is 3.19. The second kappa shape index (κ2) is 5.65. The molecule has 16 heavy (non-hydrogen) atoms. The molecule has 88 valence electrons. The average Bonchev–Trinajstić information content (AvgIpc) is 2.52. The zero-order chi connectivity index (χ0) is 11.4. The maximum Gasteiger partial charge on any atom is 0.123 e. The molecule has 1 aromatic rings. The van der Waals surface area contributed by atoms with Crippen LogP contribution in [0.5, 0.6) is 0 Å². The Morgan fingerprint density at radius 2 is 2.19 bits per heavy atom. The van der Waals surface area contributed by atoms with Gasteiger partial charge in [-0.25, -0.2) is 4.39 Å². The Balaban J connectivity index is 2.04. The maximum absolute atomic E-state index is 13.1. The minimum absolute atomic E-state index is 0.189. The molecule has 1 N–H and O–H groups in total. The summed E-state index contributed by atoms with van der Waals surface area (Å²) < 4.78 is 13.1. The summed E-state index contributed by atoms with van der Waals surface area (Å²) in [5.74, 6) is 0.445. The van der Waals surface area contributed by atoms with Gasteiger partial charge in [0.05, 0.1) is 0 Å². The summed E-state index contributed by atoms with van der Waals surface area (Å²) in [5.41, 5.74) is 0.952. The Morgan fingerprint density at radius 1 is 1.31 bits per heavy atom. The summed E-state index contributed by atoms with van der Waals surface area (Å²) in [4.78, 5) is 0. The standard InChI is InChI=1S/C13H17ClFN/c14-13-4-3-12(15)9-11(13)8-10-2-1-6-16-7-5-10/h3-4,9-10,16H,1-2,5-8H2. The van der Waals surface area contributed by atoms with Gasteiger partial charge in [0.25, 0.3) is 0 Å². The second-order valence-corrected chi connectivity index (χ2v) is 4.89. The molecule has 3 heteroatoms. The minimum atomic E-state index is -0.189. The lowest BCUT2D eigenvalue weighted by molar-refractivity contribution is 0.469. The lowest BCUT2D eigenvalue weighted by atomic mass is 9.93. The molecule has 1 nitrogen and oxygen atoms in total. The smallest absolute Gasteiger partial charge is 0.123 e. The summed E-state index contributed by atoms with van der Waals surface area (Å²) in [6.45, 7) is 2.17. The predicted octanol–water partition coefficient (Wildman–Crippen LogP) is 3.41. The van der Waals surface area contributed by atoms with Crippen LogP contribution in [-0.2, 0) is 6.42 Å². The van der Waals surface area contributed by atoms with Crippen LogP contribution in [0.3, 0.4) is 0 Å². The van der Waals surface area contributed by atoms with Gasteiger partial charge in [0.1, 0.15) is 5.82 Å². The van der Waals surface area contributed by atoms with E-state index in [1.54, 1.807) is 12.1 Å². The van der Waals surface area contributed by atoms with E-state index in [1.165, 1.54) is 18.9 Å². The van der Waals surface area contributed by atoms with Gasteiger partial charge in [0, 0.05) is 5.02 Å². The molecule has 0 bridgehead atoms. The molecule has 0 amide bonds. The highest BCUT2D eigenvalue weighted by molar-refractivity contribution is 6.31. The molecule has 0 radical (unpaired) electrons. The minimum Gasteiger partial charge on any atom is -0.317 e. The van der Waals surface area contributed by atoms with E-state index in [9.17, 15) is 4.39 Å². The fraction of sp³-hybridized carbons (Fsp3) is 0.538. The molecule has 0 aliphatic carbocycles. The lowest BCUT2D eigenvalue weighted by Gasteiger charge is -2.14. The van der Waals surface area contributed by atoms with Crippen LogP contribution >= 0.6 is 11.6 Å². The van der Waals surface area contributed by atoms with Gasteiger partial charge in [0.2, 0.25) is 0 Å². The van der Waals surface area contributed by atoms with Crippen LogP contribution in [0.15, 0.2) is 18.2 Å². The molecule has 1 saturated heterocycles. The monoisotopic (exact) mass is 241 g/mol. The number of hydrogen-bond donors (Lipinski definition) is 1. The summed E-state index contributed by atoms with van der Waals surface area (Å²) in [7, 11) is 0. The van der Waals surface area contributed by atoms with Gasteiger partial charge in [-0.1, -0.05) is 11.6 Å². The van der Waals surface area contributed by atoms with Crippen molar-refractivity contribution in [3.05, 3.63) is 34.6 Å². The van der Waals surface area contributed by atoms with Crippen LogP contribution in [0.2, 0.25) is 5.02 Å². The van der Waals surface area contributed by atoms with E-state index in [-0.39, 0.29) is 5.82 Å². The average molecular weight is 242 g/mol. The number of nitrogens with one attached hydrogen (secondary N) is 1. The quantitative estimate of drug-likeness (QED) is 0.837. The molecular formula is C13H17ClFN. The number of benzene rings is 1. The van der Waals surface area contributed by atoms with E-state index >= 15 is 0 Å². The molecule has 1 aromatic carbocycles. The Hall–Kier alpha value is -0.600. The van der Waals surface area contributed by atoms with Crippen molar-refractivity contribution in [1.82, 2.24) is 5.32 Å². The zero-order valence-electron chi connectivity index (χ0n) is 9.31. The van der Waals surface area contributed by atoms with Gasteiger partial charge in [-0.15, -0.1) is 0 Å². The summed E-state index contributed by atoms with van der Waals surface area (Å²) in [6.07, 6.45) is 4.47. The lowest BCUT2D eigenvalue weighted by Crippen LogP contribution is -2.14. The van der Waals surface area contributed by atoms with Crippen molar-refractivity contribution in [2.75, 3.05) is 13.1 Å². The molecule has 2 rings (SSSR count). The van der Waals surface area contributed by atoms with Crippen molar-refractivity contribution in [3.8, 4) is 0 Å². The Labute approximate surface area is 101 Å². The van der Waals surface area contributed by atoms with Crippen molar-refractivity contribution in [1.29, 1.82) is 0 Å². The normalized spacial score (nSPS) is 21.8. The molecule has 1 heterocycles. The van der Waals surface area contributed by atoms with E-state index in [1.807, 2.05) is 0 Å². The highest BCUT2D eigenvalue weighted by Gasteiger charge is 2.14. The third-order valence-electron chi connectivity index (χ3n) is 3.21. The van der Waals surface area contributed by atoms with Crippen molar-refractivity contribution >= 4 is 11.6 Å². The largest absolute Gasteiger partial charge is 0.317 e. The molecule has 0 spiro atoms. The SMILES string of the molecule is Fc1ccc(Cl)c(CC2CCCNCC2)c1. The summed E-state index contributed by atoms with van der Waals surface area (Å²) in [5, 5.41) is 4.08. The molecule has 1 atom stereocenters. The van der Waals surface area contributed by atoms with Crippen LogP contribution in [-0.4, -0.2) is 13.1 Å². The maximum atomic E-state index is 13.1. The molecule has 0 saturated carbocycles. The predicted molar refractivity (Wildman–Crippen MR) is 65.3 cm³/mol. The molecule has 1 aliphatic rings. The van der Waals surface area contributed by atoms with Crippen LogP contribution in [0.1, 0.15) is 24.8 Å². The van der Waals surface area contributed by atoms with E-state index in [0.29, 0.717) is 10.9 Å². The Morgan fingerprint density at radius 3 is 3.06 bits per heavy atom. The van der Waals surface area contributed by atoms with Gasteiger partial charge >= 0.3 is 0 Å². The highest BCUT2D eigenvalue weighted by atomic mass is 35.5. The van der Waals surface area contributed by atoms with E-state index in [4.69, 9.17) is 11.6 Å². The number of halogens is 2. The first-order chi connectivity index (χ1) is 7.75. The molecule has 1 unspecified atom stereocenters. The fourth-order valence-corrected chi connectivity index (χ4v) is 2.50. The topological polar surface area (TPSA) is 12.0 Å². The van der Waals surface area contributed by atoms with Crippen LogP contribution < -0.4 is 5.32 Å². The Bertz CT molecular complexity index is 346. The van der Waals surface area contributed by atoms with Gasteiger partial charge in [-0.2, -0.15) is 0 Å². The second-order valence-electron chi connectivity index (χ2n) is 4.49. The van der Waals surface area contributed by atoms with Gasteiger partial charge in [0.15, 0.2) is 0 Å². The van der Waals surface area contributed by atoms with Gasteiger partial charge in [-0.05, 0) is 68.5 Å². The highest BCUT2D eigenvalue weighted by Crippen LogP contribution is 2.24. The Kier molecular flexibility index (Phi) is 4.19. The van der Waals surface area contributed by atoms with Crippen molar-refractivity contribution in [2.45, 2.75) is 25.7 Å².